The number of likely N-dealkylation sites (N-methyl/N-ethyl adjacent to an activating group) is 1. The third kappa shape index (κ3) is 4.61. The Morgan fingerprint density at radius 1 is 1.28 bits per heavy atom. The molecule has 1 heterocycles. The largest absolute Gasteiger partial charge is 0.325 e. The summed E-state index contributed by atoms with van der Waals surface area (Å²) < 4.78 is 13.1. The SMILES string of the molecule is Cc1cccc(CN(C)CC(=O)N2CCSC2c2ccc(F)cc2)c1. The summed E-state index contributed by atoms with van der Waals surface area (Å²) in [6.07, 6.45) is 0. The molecule has 1 saturated heterocycles. The summed E-state index contributed by atoms with van der Waals surface area (Å²) in [5.41, 5.74) is 3.42. The standard InChI is InChI=1S/C20H23FN2OS/c1-15-4-3-5-16(12-15)13-22(2)14-19(24)23-10-11-25-20(23)17-6-8-18(21)9-7-17/h3-9,12,20H,10-11,13-14H2,1-2H3. The van der Waals surface area contributed by atoms with Gasteiger partial charge in [0.05, 0.1) is 6.54 Å². The fraction of sp³-hybridized carbons (Fsp3) is 0.350. The zero-order valence-corrected chi connectivity index (χ0v) is 15.4. The van der Waals surface area contributed by atoms with Crippen molar-refractivity contribution < 1.29 is 9.18 Å². The number of carbonyl (C=O) groups excluding carboxylic acids is 1. The lowest BCUT2D eigenvalue weighted by atomic mass is 10.1. The number of carbonyl (C=O) groups is 1. The van der Waals surface area contributed by atoms with E-state index in [0.29, 0.717) is 6.54 Å². The maximum absolute atomic E-state index is 13.1. The summed E-state index contributed by atoms with van der Waals surface area (Å²) in [5.74, 6) is 0.784. The van der Waals surface area contributed by atoms with Gasteiger partial charge in [0.15, 0.2) is 0 Å². The van der Waals surface area contributed by atoms with Gasteiger partial charge in [-0.25, -0.2) is 4.39 Å². The minimum atomic E-state index is -0.248. The summed E-state index contributed by atoms with van der Waals surface area (Å²) in [5, 5.41) is -0.0135. The van der Waals surface area contributed by atoms with Gasteiger partial charge in [-0.3, -0.25) is 9.69 Å². The third-order valence-corrected chi connectivity index (χ3v) is 5.57. The van der Waals surface area contributed by atoms with Crippen molar-refractivity contribution in [2.45, 2.75) is 18.8 Å². The van der Waals surface area contributed by atoms with Gasteiger partial charge in [-0.15, -0.1) is 11.8 Å². The molecule has 132 valence electrons. The van der Waals surface area contributed by atoms with E-state index >= 15 is 0 Å². The predicted octanol–water partition coefficient (Wildman–Crippen LogP) is 3.84. The summed E-state index contributed by atoms with van der Waals surface area (Å²) >= 11 is 1.73. The molecule has 0 saturated carbocycles. The van der Waals surface area contributed by atoms with E-state index in [2.05, 4.69) is 25.1 Å². The van der Waals surface area contributed by atoms with E-state index < -0.39 is 0 Å². The van der Waals surface area contributed by atoms with Crippen molar-refractivity contribution in [2.75, 3.05) is 25.9 Å². The van der Waals surface area contributed by atoms with Crippen molar-refractivity contribution in [3.8, 4) is 0 Å². The average molecular weight is 358 g/mol. The van der Waals surface area contributed by atoms with Crippen molar-refractivity contribution in [1.29, 1.82) is 0 Å². The van der Waals surface area contributed by atoms with Gasteiger partial charge >= 0.3 is 0 Å². The molecular weight excluding hydrogens is 335 g/mol. The Morgan fingerprint density at radius 3 is 2.76 bits per heavy atom. The molecule has 0 aliphatic carbocycles. The second-order valence-electron chi connectivity index (χ2n) is 6.52. The Kier molecular flexibility index (Phi) is 5.76. The average Bonchev–Trinajstić information content (AvgIpc) is 3.05. The number of thioether (sulfide) groups is 1. The van der Waals surface area contributed by atoms with Crippen LogP contribution in [0.25, 0.3) is 0 Å². The lowest BCUT2D eigenvalue weighted by molar-refractivity contribution is -0.132. The van der Waals surface area contributed by atoms with Crippen LogP contribution in [0.15, 0.2) is 48.5 Å². The summed E-state index contributed by atoms with van der Waals surface area (Å²) in [6, 6.07) is 14.8. The molecule has 5 heteroatoms. The van der Waals surface area contributed by atoms with Gasteiger partial charge in [0, 0.05) is 18.8 Å². The van der Waals surface area contributed by atoms with Crippen LogP contribution in [0, 0.1) is 12.7 Å². The molecule has 1 aliphatic rings. The van der Waals surface area contributed by atoms with Crippen LogP contribution in [0.2, 0.25) is 0 Å². The number of nitrogens with zero attached hydrogens (tertiary/aromatic N) is 2. The quantitative estimate of drug-likeness (QED) is 0.811. The normalized spacial score (nSPS) is 17.3. The molecule has 1 aliphatic heterocycles. The molecule has 1 unspecified atom stereocenters. The number of aryl methyl sites for hydroxylation is 1. The second kappa shape index (κ2) is 8.02. The smallest absolute Gasteiger partial charge is 0.237 e. The number of benzene rings is 2. The number of hydrogen-bond donors (Lipinski definition) is 0. The molecule has 0 N–H and O–H groups in total. The molecule has 3 nitrogen and oxygen atoms in total. The maximum atomic E-state index is 13.1. The van der Waals surface area contributed by atoms with Crippen molar-refractivity contribution in [3.05, 3.63) is 71.0 Å². The van der Waals surface area contributed by atoms with Gasteiger partial charge in [0.2, 0.25) is 5.91 Å². The zero-order valence-electron chi connectivity index (χ0n) is 14.6. The molecule has 0 aromatic heterocycles. The Morgan fingerprint density at radius 2 is 2.04 bits per heavy atom. The molecule has 1 fully saturated rings. The van der Waals surface area contributed by atoms with E-state index in [1.165, 1.54) is 23.3 Å². The van der Waals surface area contributed by atoms with Crippen molar-refractivity contribution in [3.63, 3.8) is 0 Å². The fourth-order valence-electron chi connectivity index (χ4n) is 3.13. The minimum absolute atomic E-state index is 0.0135. The monoisotopic (exact) mass is 358 g/mol. The van der Waals surface area contributed by atoms with E-state index in [0.717, 1.165) is 24.4 Å². The Bertz CT molecular complexity index is 735. The van der Waals surface area contributed by atoms with Crippen LogP contribution in [0.4, 0.5) is 4.39 Å². The van der Waals surface area contributed by atoms with Gasteiger partial charge < -0.3 is 4.90 Å². The Hall–Kier alpha value is -1.85. The number of rotatable bonds is 5. The van der Waals surface area contributed by atoms with Crippen LogP contribution >= 0.6 is 11.8 Å². The Labute approximate surface area is 152 Å². The van der Waals surface area contributed by atoms with E-state index in [1.807, 2.05) is 22.9 Å². The number of halogens is 1. The molecule has 25 heavy (non-hydrogen) atoms. The van der Waals surface area contributed by atoms with Gasteiger partial charge in [-0.05, 0) is 37.2 Å². The van der Waals surface area contributed by atoms with Gasteiger partial charge in [-0.2, -0.15) is 0 Å². The topological polar surface area (TPSA) is 23.6 Å². The van der Waals surface area contributed by atoms with E-state index in [-0.39, 0.29) is 17.1 Å². The van der Waals surface area contributed by atoms with Crippen LogP contribution in [-0.4, -0.2) is 41.6 Å². The highest BCUT2D eigenvalue weighted by atomic mass is 32.2. The molecule has 1 atom stereocenters. The molecule has 1 amide bonds. The van der Waals surface area contributed by atoms with Crippen LogP contribution in [-0.2, 0) is 11.3 Å². The van der Waals surface area contributed by atoms with Gasteiger partial charge in [-0.1, -0.05) is 42.0 Å². The van der Waals surface area contributed by atoms with Crippen molar-refractivity contribution in [1.82, 2.24) is 9.80 Å². The summed E-state index contributed by atoms with van der Waals surface area (Å²) in [7, 11) is 1.97. The number of amides is 1. The minimum Gasteiger partial charge on any atom is -0.325 e. The number of hydrogen-bond acceptors (Lipinski definition) is 3. The van der Waals surface area contributed by atoms with E-state index in [4.69, 9.17) is 0 Å². The molecule has 0 bridgehead atoms. The third-order valence-electron chi connectivity index (χ3n) is 4.31. The molecule has 0 spiro atoms. The van der Waals surface area contributed by atoms with Crippen LogP contribution in [0.1, 0.15) is 22.1 Å². The second-order valence-corrected chi connectivity index (χ2v) is 7.71. The molecular formula is C20H23FN2OS. The molecule has 3 rings (SSSR count). The highest BCUT2D eigenvalue weighted by Crippen LogP contribution is 2.37. The Balaban J connectivity index is 1.62. The molecule has 2 aromatic carbocycles. The van der Waals surface area contributed by atoms with Crippen molar-refractivity contribution in [2.24, 2.45) is 0 Å². The first-order valence-corrected chi connectivity index (χ1v) is 9.48. The highest BCUT2D eigenvalue weighted by Gasteiger charge is 2.30. The van der Waals surface area contributed by atoms with Crippen LogP contribution in [0.5, 0.6) is 0 Å². The molecule has 2 aromatic rings. The molecule has 0 radical (unpaired) electrons. The zero-order chi connectivity index (χ0) is 17.8. The first-order valence-electron chi connectivity index (χ1n) is 8.43. The van der Waals surface area contributed by atoms with Crippen LogP contribution in [0.3, 0.4) is 0 Å². The highest BCUT2D eigenvalue weighted by molar-refractivity contribution is 7.99. The lowest BCUT2D eigenvalue weighted by Crippen LogP contribution is -2.38. The van der Waals surface area contributed by atoms with E-state index in [9.17, 15) is 9.18 Å². The van der Waals surface area contributed by atoms with E-state index in [1.54, 1.807) is 23.9 Å². The van der Waals surface area contributed by atoms with Gasteiger partial charge in [0.1, 0.15) is 11.2 Å². The van der Waals surface area contributed by atoms with Crippen LogP contribution < -0.4 is 0 Å². The summed E-state index contributed by atoms with van der Waals surface area (Å²) in [6.45, 7) is 3.94. The predicted molar refractivity (Wildman–Crippen MR) is 101 cm³/mol. The van der Waals surface area contributed by atoms with Crippen molar-refractivity contribution >= 4 is 17.7 Å². The first-order chi connectivity index (χ1) is 12.0. The van der Waals surface area contributed by atoms with Gasteiger partial charge in [0.25, 0.3) is 0 Å². The maximum Gasteiger partial charge on any atom is 0.237 e. The lowest BCUT2D eigenvalue weighted by Gasteiger charge is -2.26. The summed E-state index contributed by atoms with van der Waals surface area (Å²) in [4.78, 5) is 16.7. The fourth-order valence-corrected chi connectivity index (χ4v) is 4.41. The first kappa shape index (κ1) is 18.0.